The summed E-state index contributed by atoms with van der Waals surface area (Å²) in [7, 11) is 3.07. The van der Waals surface area contributed by atoms with Crippen molar-refractivity contribution in [3.05, 3.63) is 76.5 Å². The van der Waals surface area contributed by atoms with Gasteiger partial charge >= 0.3 is 12.1 Å². The minimum Gasteiger partial charge on any atom is -0.463 e. The smallest absolute Gasteiger partial charge is 0.416 e. The molecule has 0 radical (unpaired) electrons. The fourth-order valence-electron chi connectivity index (χ4n) is 4.52. The van der Waals surface area contributed by atoms with E-state index in [4.69, 9.17) is 10.5 Å². The SMILES string of the molecule is CCOC(=O)C1=C(C)N(c2cccc(C(F)(F)F)c2)C(N)C(C(=O)N(C)C)C1c1ccc(C#N)cc1. The number of amides is 1. The van der Waals surface area contributed by atoms with Gasteiger partial charge in [0.25, 0.3) is 0 Å². The predicted molar refractivity (Wildman–Crippen MR) is 127 cm³/mol. The number of hydrogen-bond donors (Lipinski definition) is 1. The number of anilines is 1. The van der Waals surface area contributed by atoms with Crippen molar-refractivity contribution in [2.75, 3.05) is 25.6 Å². The maximum Gasteiger partial charge on any atom is 0.416 e. The van der Waals surface area contributed by atoms with Gasteiger partial charge in [-0.05, 0) is 49.7 Å². The minimum atomic E-state index is -4.60. The summed E-state index contributed by atoms with van der Waals surface area (Å²) in [4.78, 5) is 29.4. The lowest BCUT2D eigenvalue weighted by molar-refractivity contribution is -0.140. The lowest BCUT2D eigenvalue weighted by atomic mass is 9.74. The largest absolute Gasteiger partial charge is 0.463 e. The highest BCUT2D eigenvalue weighted by atomic mass is 19.4. The Hall–Kier alpha value is -3.84. The standard InChI is InChI=1S/C26H27F3N4O3/c1-5-36-25(35)20-15(2)33(19-8-6-7-18(13-19)26(27,28)29)23(31)22(24(34)32(3)4)21(20)17-11-9-16(14-30)10-12-17/h6-13,21-23H,5,31H2,1-4H3. The van der Waals surface area contributed by atoms with E-state index in [9.17, 15) is 28.0 Å². The van der Waals surface area contributed by atoms with Gasteiger partial charge in [0, 0.05) is 31.4 Å². The molecule has 0 saturated carbocycles. The molecule has 190 valence electrons. The van der Waals surface area contributed by atoms with Crippen molar-refractivity contribution in [1.29, 1.82) is 5.26 Å². The molecule has 3 rings (SSSR count). The van der Waals surface area contributed by atoms with E-state index < -0.39 is 41.6 Å². The quantitative estimate of drug-likeness (QED) is 0.623. The fourth-order valence-corrected chi connectivity index (χ4v) is 4.52. The molecular formula is C26H27F3N4O3. The molecule has 1 heterocycles. The number of benzene rings is 2. The molecule has 36 heavy (non-hydrogen) atoms. The first kappa shape index (κ1) is 26.8. The van der Waals surface area contributed by atoms with Crippen LogP contribution in [0, 0.1) is 17.2 Å². The summed E-state index contributed by atoms with van der Waals surface area (Å²) in [6.07, 6.45) is -5.70. The van der Waals surface area contributed by atoms with Gasteiger partial charge in [0.2, 0.25) is 5.91 Å². The van der Waals surface area contributed by atoms with Crippen molar-refractivity contribution < 1.29 is 27.5 Å². The van der Waals surface area contributed by atoms with Crippen LogP contribution in [0.5, 0.6) is 0 Å². The van der Waals surface area contributed by atoms with Gasteiger partial charge < -0.3 is 20.3 Å². The van der Waals surface area contributed by atoms with E-state index in [0.29, 0.717) is 11.1 Å². The number of alkyl halides is 3. The molecule has 3 atom stereocenters. The zero-order valence-corrected chi connectivity index (χ0v) is 20.3. The van der Waals surface area contributed by atoms with Crippen LogP contribution in [0.15, 0.2) is 59.8 Å². The molecule has 0 saturated heterocycles. The number of nitriles is 1. The number of carbonyl (C=O) groups excluding carboxylic acids is 2. The van der Waals surface area contributed by atoms with E-state index in [1.54, 1.807) is 38.1 Å². The van der Waals surface area contributed by atoms with Crippen molar-refractivity contribution in [3.8, 4) is 6.07 Å². The summed E-state index contributed by atoms with van der Waals surface area (Å²) in [5, 5.41) is 9.19. The van der Waals surface area contributed by atoms with E-state index in [-0.39, 0.29) is 23.6 Å². The topological polar surface area (TPSA) is 99.7 Å². The number of nitrogens with zero attached hydrogens (tertiary/aromatic N) is 3. The van der Waals surface area contributed by atoms with Crippen LogP contribution in [0.3, 0.4) is 0 Å². The molecule has 3 unspecified atom stereocenters. The Kier molecular flexibility index (Phi) is 7.74. The third-order valence-electron chi connectivity index (χ3n) is 6.16. The van der Waals surface area contributed by atoms with E-state index in [0.717, 1.165) is 12.1 Å². The molecule has 10 heteroatoms. The Balaban J connectivity index is 2.32. The maximum absolute atomic E-state index is 13.5. The summed E-state index contributed by atoms with van der Waals surface area (Å²) >= 11 is 0. The maximum atomic E-state index is 13.5. The van der Waals surface area contributed by atoms with Crippen LogP contribution >= 0.6 is 0 Å². The third kappa shape index (κ3) is 5.06. The van der Waals surface area contributed by atoms with Crippen LogP contribution < -0.4 is 10.6 Å². The summed E-state index contributed by atoms with van der Waals surface area (Å²) in [6.45, 7) is 3.25. The summed E-state index contributed by atoms with van der Waals surface area (Å²) < 4.78 is 45.7. The van der Waals surface area contributed by atoms with Gasteiger partial charge in [0.05, 0.1) is 41.5 Å². The number of allylic oxidation sites excluding steroid dienone is 1. The van der Waals surface area contributed by atoms with Gasteiger partial charge in [-0.3, -0.25) is 4.79 Å². The molecule has 0 aromatic heterocycles. The van der Waals surface area contributed by atoms with E-state index in [1.165, 1.54) is 36.0 Å². The molecule has 0 spiro atoms. The van der Waals surface area contributed by atoms with Crippen LogP contribution in [0.4, 0.5) is 18.9 Å². The molecule has 0 aliphatic carbocycles. The first-order chi connectivity index (χ1) is 16.9. The normalized spacial score (nSPS) is 20.1. The number of rotatable bonds is 5. The predicted octanol–water partition coefficient (Wildman–Crippen LogP) is 4.01. The van der Waals surface area contributed by atoms with Crippen molar-refractivity contribution in [2.24, 2.45) is 11.7 Å². The van der Waals surface area contributed by atoms with E-state index in [2.05, 4.69) is 0 Å². The van der Waals surface area contributed by atoms with Gasteiger partial charge in [0.15, 0.2) is 0 Å². The number of carbonyl (C=O) groups is 2. The Morgan fingerprint density at radius 2 is 1.81 bits per heavy atom. The summed E-state index contributed by atoms with van der Waals surface area (Å²) in [6, 6.07) is 13.0. The second-order valence-electron chi connectivity index (χ2n) is 8.60. The van der Waals surface area contributed by atoms with Crippen LogP contribution in [-0.4, -0.2) is 43.6 Å². The van der Waals surface area contributed by atoms with Gasteiger partial charge in [-0.2, -0.15) is 18.4 Å². The molecule has 0 fully saturated rings. The first-order valence-electron chi connectivity index (χ1n) is 11.2. The highest BCUT2D eigenvalue weighted by molar-refractivity contribution is 5.95. The van der Waals surface area contributed by atoms with Crippen molar-refractivity contribution in [2.45, 2.75) is 32.1 Å². The van der Waals surface area contributed by atoms with Crippen LogP contribution in [-0.2, 0) is 20.5 Å². The van der Waals surface area contributed by atoms with Crippen LogP contribution in [0.25, 0.3) is 0 Å². The zero-order valence-electron chi connectivity index (χ0n) is 20.3. The number of halogens is 3. The second-order valence-corrected chi connectivity index (χ2v) is 8.60. The molecular weight excluding hydrogens is 473 g/mol. The highest BCUT2D eigenvalue weighted by Gasteiger charge is 2.48. The van der Waals surface area contributed by atoms with Crippen molar-refractivity contribution in [1.82, 2.24) is 4.90 Å². The molecule has 2 aromatic carbocycles. The Morgan fingerprint density at radius 3 is 2.33 bits per heavy atom. The fraction of sp³-hybridized carbons (Fsp3) is 0.346. The third-order valence-corrected chi connectivity index (χ3v) is 6.16. The second kappa shape index (κ2) is 10.4. The monoisotopic (exact) mass is 500 g/mol. The Morgan fingerprint density at radius 1 is 1.17 bits per heavy atom. The molecule has 7 nitrogen and oxygen atoms in total. The number of ether oxygens (including phenoxy) is 1. The number of hydrogen-bond acceptors (Lipinski definition) is 6. The summed E-state index contributed by atoms with van der Waals surface area (Å²) in [5.41, 5.74) is 7.15. The highest BCUT2D eigenvalue weighted by Crippen LogP contribution is 2.45. The lowest BCUT2D eigenvalue weighted by Crippen LogP contribution is -2.57. The molecule has 2 aromatic rings. The van der Waals surface area contributed by atoms with Crippen molar-refractivity contribution in [3.63, 3.8) is 0 Å². The molecule has 1 aliphatic heterocycles. The van der Waals surface area contributed by atoms with E-state index >= 15 is 0 Å². The molecule has 0 bridgehead atoms. The molecule has 1 aliphatic rings. The summed E-state index contributed by atoms with van der Waals surface area (Å²) in [5.74, 6) is -3.03. The van der Waals surface area contributed by atoms with Crippen molar-refractivity contribution >= 4 is 17.6 Å². The van der Waals surface area contributed by atoms with Gasteiger partial charge in [-0.25, -0.2) is 4.79 Å². The minimum absolute atomic E-state index is 0.0532. The Labute approximate surface area is 207 Å². The zero-order chi connectivity index (χ0) is 26.8. The average molecular weight is 501 g/mol. The number of nitrogens with two attached hydrogens (primary N) is 1. The van der Waals surface area contributed by atoms with Gasteiger partial charge in [-0.1, -0.05) is 18.2 Å². The number of esters is 1. The van der Waals surface area contributed by atoms with Gasteiger partial charge in [-0.15, -0.1) is 0 Å². The van der Waals surface area contributed by atoms with Crippen LogP contribution in [0.1, 0.15) is 36.5 Å². The van der Waals surface area contributed by atoms with Gasteiger partial charge in [0.1, 0.15) is 0 Å². The molecule has 2 N–H and O–H groups in total. The van der Waals surface area contributed by atoms with E-state index in [1.807, 2.05) is 6.07 Å². The molecule has 1 amide bonds. The Bertz CT molecular complexity index is 1220. The van der Waals surface area contributed by atoms with Crippen LogP contribution in [0.2, 0.25) is 0 Å². The first-order valence-corrected chi connectivity index (χ1v) is 11.2. The average Bonchev–Trinajstić information content (AvgIpc) is 2.83. The lowest BCUT2D eigenvalue weighted by Gasteiger charge is -2.46.